The topological polar surface area (TPSA) is 112 Å². The van der Waals surface area contributed by atoms with Gasteiger partial charge in [-0.1, -0.05) is 67.2 Å². The third-order valence-electron chi connectivity index (χ3n) is 8.57. The number of rotatable bonds is 14. The molecule has 1 aliphatic carbocycles. The van der Waals surface area contributed by atoms with E-state index in [0.29, 0.717) is 35.1 Å². The van der Waals surface area contributed by atoms with Crippen LogP contribution in [0.1, 0.15) is 67.5 Å². The number of hydrogen-bond donors (Lipinski definition) is 2. The Morgan fingerprint density at radius 1 is 1.09 bits per heavy atom. The Hall–Kier alpha value is -1.46. The van der Waals surface area contributed by atoms with Gasteiger partial charge in [0.05, 0.1) is 34.3 Å². The zero-order valence-electron chi connectivity index (χ0n) is 28.0. The Balaban J connectivity index is 1.61. The normalized spacial score (nSPS) is 21.2. The van der Waals surface area contributed by atoms with Crippen molar-refractivity contribution in [1.82, 2.24) is 19.9 Å². The molecule has 243 valence electrons. The molecular weight excluding hydrogens is 627 g/mol. The highest BCUT2D eigenvalue weighted by Gasteiger charge is 2.50. The van der Waals surface area contributed by atoms with Crippen molar-refractivity contribution in [2.45, 2.75) is 114 Å². The molecule has 44 heavy (non-hydrogen) atoms. The summed E-state index contributed by atoms with van der Waals surface area (Å²) in [6.07, 6.45) is 5.09. The summed E-state index contributed by atoms with van der Waals surface area (Å²) >= 11 is 3.10. The summed E-state index contributed by atoms with van der Waals surface area (Å²) in [4.78, 5) is 18.7. The number of nitrogens with zero attached hydrogens (tertiary/aromatic N) is 4. The minimum atomic E-state index is -2.62. The number of ether oxygens (including phenoxy) is 1. The molecule has 3 aromatic rings. The number of thioether (sulfide) groups is 1. The molecule has 0 amide bonds. The molecule has 13 heteroatoms. The largest absolute Gasteiger partial charge is 0.435 e. The van der Waals surface area contributed by atoms with Crippen molar-refractivity contribution in [2.75, 3.05) is 25.3 Å². The van der Waals surface area contributed by atoms with E-state index in [1.54, 1.807) is 30.8 Å². The number of aliphatic hydroxyl groups is 1. The molecule has 4 rings (SSSR count). The van der Waals surface area contributed by atoms with E-state index in [4.69, 9.17) is 28.2 Å². The number of fused-ring (bicyclic) bond motifs is 1. The average molecular weight is 677 g/mol. The number of methoxy groups -OCH3 is 1. The highest BCUT2D eigenvalue weighted by molar-refractivity contribution is 7.98. The molecule has 4 atom stereocenters. The van der Waals surface area contributed by atoms with Crippen molar-refractivity contribution in [3.05, 3.63) is 24.2 Å². The Bertz CT molecular complexity index is 1340. The molecule has 3 heterocycles. The summed E-state index contributed by atoms with van der Waals surface area (Å²) in [6.45, 7) is 20.4. The van der Waals surface area contributed by atoms with E-state index in [0.717, 1.165) is 26.5 Å². The van der Waals surface area contributed by atoms with Crippen molar-refractivity contribution < 1.29 is 18.4 Å². The molecule has 4 unspecified atom stereocenters. The third kappa shape index (κ3) is 7.40. The lowest BCUT2D eigenvalue weighted by Gasteiger charge is -2.42. The second-order valence-electron chi connectivity index (χ2n) is 13.0. The van der Waals surface area contributed by atoms with Crippen LogP contribution in [0, 0.1) is 12.8 Å². The van der Waals surface area contributed by atoms with E-state index in [-0.39, 0.29) is 23.0 Å². The van der Waals surface area contributed by atoms with Crippen LogP contribution in [0.25, 0.3) is 20.8 Å². The number of nitrogens with one attached hydrogen (secondary N) is 1. The Kier molecular flexibility index (Phi) is 12.0. The predicted molar refractivity (Wildman–Crippen MR) is 186 cm³/mol. The Morgan fingerprint density at radius 2 is 1.77 bits per heavy atom. The predicted octanol–water partition coefficient (Wildman–Crippen LogP) is 7.46. The molecule has 1 radical (unpaired) electrons. The van der Waals surface area contributed by atoms with Crippen LogP contribution >= 0.6 is 23.1 Å². The number of thiazole rings is 1. The highest BCUT2D eigenvalue weighted by Crippen LogP contribution is 2.42. The van der Waals surface area contributed by atoms with E-state index < -0.39 is 29.8 Å². The monoisotopic (exact) mass is 676 g/mol. The quantitative estimate of drug-likeness (QED) is 0.101. The van der Waals surface area contributed by atoms with E-state index in [1.165, 1.54) is 11.8 Å². The van der Waals surface area contributed by atoms with Gasteiger partial charge in [0.15, 0.2) is 5.16 Å². The van der Waals surface area contributed by atoms with Crippen molar-refractivity contribution in [3.8, 4) is 10.6 Å². The van der Waals surface area contributed by atoms with Gasteiger partial charge in [-0.15, -0.1) is 11.3 Å². The Labute approximate surface area is 274 Å². The molecule has 9 nitrogen and oxygen atoms in total. The smallest absolute Gasteiger partial charge is 0.333 e. The lowest BCUT2D eigenvalue weighted by Crippen LogP contribution is -2.54. The van der Waals surface area contributed by atoms with Crippen LogP contribution in [-0.4, -0.2) is 80.9 Å². The number of aryl methyl sites for hydroxylation is 1. The molecule has 0 saturated heterocycles. The van der Waals surface area contributed by atoms with Gasteiger partial charge in [0, 0.05) is 25.8 Å². The molecule has 3 aromatic heterocycles. The highest BCUT2D eigenvalue weighted by atomic mass is 32.2. The van der Waals surface area contributed by atoms with Crippen molar-refractivity contribution in [1.29, 1.82) is 0 Å². The van der Waals surface area contributed by atoms with Crippen molar-refractivity contribution in [3.63, 3.8) is 0 Å². The first-order valence-electron chi connectivity index (χ1n) is 15.6. The summed E-state index contributed by atoms with van der Waals surface area (Å²) < 4.78 is 21.1. The Morgan fingerprint density at radius 3 is 2.34 bits per heavy atom. The molecule has 1 fully saturated rings. The molecule has 0 aromatic carbocycles. The van der Waals surface area contributed by atoms with Gasteiger partial charge in [-0.05, 0) is 47.8 Å². The fourth-order valence-electron chi connectivity index (χ4n) is 6.37. The van der Waals surface area contributed by atoms with Gasteiger partial charge in [0.2, 0.25) is 9.04 Å². The maximum atomic E-state index is 11.5. The van der Waals surface area contributed by atoms with E-state index in [1.807, 2.05) is 19.2 Å². The molecular formula is C31H50N5O4S2Si2. The van der Waals surface area contributed by atoms with Gasteiger partial charge in [-0.3, -0.25) is 4.98 Å². The number of anilines is 1. The summed E-state index contributed by atoms with van der Waals surface area (Å²) in [5.74, 6) is 0.589. The van der Waals surface area contributed by atoms with Gasteiger partial charge in [-0.2, -0.15) is 0 Å². The van der Waals surface area contributed by atoms with Gasteiger partial charge in [0.1, 0.15) is 22.4 Å². The first kappa shape index (κ1) is 35.4. The van der Waals surface area contributed by atoms with Crippen LogP contribution in [0.15, 0.2) is 23.6 Å². The van der Waals surface area contributed by atoms with Crippen LogP contribution < -0.4 is 5.32 Å². The zero-order valence-corrected chi connectivity index (χ0v) is 31.7. The SMILES string of the molecule is COC1C(Nc2nc(SC)nc(C)c2-c2nc3cnccc3s2)CC(CO[Si](O[Si](C(C)C)C(C)C)(C(C)C)C(C)C)C1O. The molecule has 0 aliphatic heterocycles. The first-order valence-corrected chi connectivity index (χ1v) is 21.2. The lowest BCUT2D eigenvalue weighted by atomic mass is 10.1. The summed E-state index contributed by atoms with van der Waals surface area (Å²) in [5, 5.41) is 16.7. The van der Waals surface area contributed by atoms with Crippen molar-refractivity contribution >= 4 is 56.7 Å². The van der Waals surface area contributed by atoms with E-state index in [2.05, 4.69) is 65.7 Å². The second kappa shape index (κ2) is 15.0. The van der Waals surface area contributed by atoms with Crippen molar-refractivity contribution in [2.24, 2.45) is 5.92 Å². The zero-order chi connectivity index (χ0) is 32.3. The fraction of sp³-hybridized carbons (Fsp3) is 0.677. The molecule has 1 aliphatic rings. The standard InChI is InChI=1S/C31H50N5O4S2Si2/c1-17(2)43(18(3)4)40-44(19(5)6,20(7)8)39-16-22-14-23(28(38-10)27(22)37)34-29-26(21(9)33-31(36-29)41-11)30-35-24-15-32-13-12-25(24)42-30/h12-13,15,17-20,22-23,27-28,37H,14,16H2,1-11H3,(H,33,34,36). The maximum Gasteiger partial charge on any atom is 0.333 e. The maximum absolute atomic E-state index is 11.5. The lowest BCUT2D eigenvalue weighted by molar-refractivity contribution is -0.0205. The minimum Gasteiger partial charge on any atom is -0.435 e. The number of pyridine rings is 1. The van der Waals surface area contributed by atoms with Crippen LogP contribution in [0.3, 0.4) is 0 Å². The average Bonchev–Trinajstić information content (AvgIpc) is 3.51. The van der Waals surface area contributed by atoms with Crippen LogP contribution in [0.4, 0.5) is 5.82 Å². The number of aliphatic hydroxyl groups excluding tert-OH is 1. The molecule has 0 bridgehead atoms. The third-order valence-corrected chi connectivity index (χ3v) is 18.5. The minimum absolute atomic E-state index is 0.112. The van der Waals surface area contributed by atoms with Gasteiger partial charge < -0.3 is 23.7 Å². The molecule has 1 saturated carbocycles. The van der Waals surface area contributed by atoms with E-state index >= 15 is 0 Å². The van der Waals surface area contributed by atoms with Crippen LogP contribution in [-0.2, 0) is 13.3 Å². The molecule has 0 spiro atoms. The van der Waals surface area contributed by atoms with Gasteiger partial charge in [-0.25, -0.2) is 15.0 Å². The van der Waals surface area contributed by atoms with Gasteiger partial charge >= 0.3 is 8.56 Å². The first-order chi connectivity index (χ1) is 20.8. The van der Waals surface area contributed by atoms with Crippen LogP contribution in [0.2, 0.25) is 22.2 Å². The second-order valence-corrected chi connectivity index (χ2v) is 22.8. The van der Waals surface area contributed by atoms with Crippen LogP contribution in [0.5, 0.6) is 0 Å². The summed E-state index contributed by atoms with van der Waals surface area (Å²) in [5.41, 5.74) is 4.10. The summed E-state index contributed by atoms with van der Waals surface area (Å²) in [6, 6.07) is 1.80. The number of aromatic nitrogens is 4. The fourth-order valence-corrected chi connectivity index (χ4v) is 17.1. The summed E-state index contributed by atoms with van der Waals surface area (Å²) in [7, 11) is -2.04. The molecule has 2 N–H and O–H groups in total. The number of hydrogen-bond acceptors (Lipinski definition) is 11. The van der Waals surface area contributed by atoms with Gasteiger partial charge in [0.25, 0.3) is 0 Å². The van der Waals surface area contributed by atoms with E-state index in [9.17, 15) is 5.11 Å².